The van der Waals surface area contributed by atoms with E-state index in [0.29, 0.717) is 0 Å². The lowest BCUT2D eigenvalue weighted by molar-refractivity contribution is 0.217. The molecule has 1 aromatic heterocycles. The van der Waals surface area contributed by atoms with E-state index in [2.05, 4.69) is 33.3 Å². The molecule has 0 radical (unpaired) electrons. The summed E-state index contributed by atoms with van der Waals surface area (Å²) in [7, 11) is 2.20. The number of likely N-dealkylation sites (tertiary alicyclic amines) is 1. The number of piperidine rings is 1. The van der Waals surface area contributed by atoms with Gasteiger partial charge in [-0.15, -0.1) is 0 Å². The summed E-state index contributed by atoms with van der Waals surface area (Å²) >= 11 is 0. The maximum Gasteiger partial charge on any atom is 0.201 e. The second-order valence-electron chi connectivity index (χ2n) is 5.25. The van der Waals surface area contributed by atoms with E-state index in [1.165, 1.54) is 25.9 Å². The van der Waals surface area contributed by atoms with Crippen LogP contribution >= 0.6 is 0 Å². The van der Waals surface area contributed by atoms with Crippen molar-refractivity contribution in [1.82, 2.24) is 14.9 Å². The molecule has 2 aromatic rings. The van der Waals surface area contributed by atoms with Crippen LogP contribution in [0.1, 0.15) is 12.8 Å². The van der Waals surface area contributed by atoms with Gasteiger partial charge in [0.1, 0.15) is 0 Å². The van der Waals surface area contributed by atoms with E-state index in [-0.39, 0.29) is 0 Å². The fourth-order valence-corrected chi connectivity index (χ4v) is 2.72. The molecule has 4 nitrogen and oxygen atoms in total. The lowest BCUT2D eigenvalue weighted by Gasteiger charge is -2.29. The van der Waals surface area contributed by atoms with Gasteiger partial charge in [0.2, 0.25) is 5.95 Å². The highest BCUT2D eigenvalue weighted by atomic mass is 15.1. The third kappa shape index (κ3) is 2.48. The fraction of sp³-hybridized carbons (Fsp3) is 0.500. The van der Waals surface area contributed by atoms with Crippen LogP contribution in [0.15, 0.2) is 24.3 Å². The molecule has 1 aliphatic heterocycles. The SMILES string of the molecule is CN1CCCC(CNc2nc3ccccc3[nH]2)C1. The van der Waals surface area contributed by atoms with Crippen molar-refractivity contribution in [2.75, 3.05) is 32.0 Å². The molecule has 1 aromatic carbocycles. The third-order valence-corrected chi connectivity index (χ3v) is 3.67. The number of fused-ring (bicyclic) bond motifs is 1. The quantitative estimate of drug-likeness (QED) is 0.871. The highest BCUT2D eigenvalue weighted by molar-refractivity contribution is 5.77. The zero-order valence-corrected chi connectivity index (χ0v) is 10.8. The Morgan fingerprint density at radius 2 is 2.33 bits per heavy atom. The number of rotatable bonds is 3. The van der Waals surface area contributed by atoms with Gasteiger partial charge in [0.25, 0.3) is 0 Å². The number of anilines is 1. The molecule has 0 spiro atoms. The molecular weight excluding hydrogens is 224 g/mol. The van der Waals surface area contributed by atoms with Gasteiger partial charge in [-0.05, 0) is 44.5 Å². The molecular formula is C14H20N4. The van der Waals surface area contributed by atoms with E-state index >= 15 is 0 Å². The van der Waals surface area contributed by atoms with Crippen LogP contribution < -0.4 is 5.32 Å². The highest BCUT2D eigenvalue weighted by Crippen LogP contribution is 2.17. The molecule has 96 valence electrons. The number of imidazole rings is 1. The Morgan fingerprint density at radius 1 is 1.44 bits per heavy atom. The molecule has 0 bridgehead atoms. The van der Waals surface area contributed by atoms with Gasteiger partial charge in [0.15, 0.2) is 0 Å². The van der Waals surface area contributed by atoms with Gasteiger partial charge in [0, 0.05) is 13.1 Å². The van der Waals surface area contributed by atoms with Crippen molar-refractivity contribution in [3.8, 4) is 0 Å². The number of para-hydroxylation sites is 2. The maximum absolute atomic E-state index is 4.54. The molecule has 1 aliphatic rings. The maximum atomic E-state index is 4.54. The van der Waals surface area contributed by atoms with Gasteiger partial charge in [-0.2, -0.15) is 0 Å². The number of aromatic amines is 1. The Hall–Kier alpha value is -1.55. The van der Waals surface area contributed by atoms with Crippen molar-refractivity contribution in [1.29, 1.82) is 0 Å². The minimum Gasteiger partial charge on any atom is -0.355 e. The first-order valence-electron chi connectivity index (χ1n) is 6.68. The molecule has 3 rings (SSSR count). The second-order valence-corrected chi connectivity index (χ2v) is 5.25. The van der Waals surface area contributed by atoms with Gasteiger partial charge in [0.05, 0.1) is 11.0 Å². The summed E-state index contributed by atoms with van der Waals surface area (Å²) in [5.74, 6) is 1.63. The largest absolute Gasteiger partial charge is 0.355 e. The van der Waals surface area contributed by atoms with E-state index in [4.69, 9.17) is 0 Å². The van der Waals surface area contributed by atoms with Crippen LogP contribution in [0, 0.1) is 5.92 Å². The third-order valence-electron chi connectivity index (χ3n) is 3.67. The molecule has 18 heavy (non-hydrogen) atoms. The lowest BCUT2D eigenvalue weighted by atomic mass is 9.99. The van der Waals surface area contributed by atoms with Crippen LogP contribution in [0.4, 0.5) is 5.95 Å². The predicted molar refractivity (Wildman–Crippen MR) is 74.8 cm³/mol. The molecule has 4 heteroatoms. The Labute approximate surface area is 107 Å². The van der Waals surface area contributed by atoms with E-state index in [9.17, 15) is 0 Å². The normalized spacial score (nSPS) is 21.3. The summed E-state index contributed by atoms with van der Waals surface area (Å²) in [6, 6.07) is 8.14. The van der Waals surface area contributed by atoms with E-state index in [1.807, 2.05) is 18.2 Å². The van der Waals surface area contributed by atoms with Gasteiger partial charge in [-0.1, -0.05) is 12.1 Å². The number of hydrogen-bond donors (Lipinski definition) is 2. The number of nitrogens with one attached hydrogen (secondary N) is 2. The van der Waals surface area contributed by atoms with Crippen molar-refractivity contribution < 1.29 is 0 Å². The number of benzene rings is 1. The number of H-pyrrole nitrogens is 1. The highest BCUT2D eigenvalue weighted by Gasteiger charge is 2.17. The molecule has 1 fully saturated rings. The van der Waals surface area contributed by atoms with Gasteiger partial charge in [-0.25, -0.2) is 4.98 Å². The average Bonchev–Trinajstić information content (AvgIpc) is 2.79. The summed E-state index contributed by atoms with van der Waals surface area (Å²) in [6.45, 7) is 3.43. The summed E-state index contributed by atoms with van der Waals surface area (Å²) in [5, 5.41) is 3.43. The van der Waals surface area contributed by atoms with Crippen LogP contribution in [0.3, 0.4) is 0 Å². The number of nitrogens with zero attached hydrogens (tertiary/aromatic N) is 2. The predicted octanol–water partition coefficient (Wildman–Crippen LogP) is 2.32. The molecule has 0 amide bonds. The minimum absolute atomic E-state index is 0.733. The van der Waals surface area contributed by atoms with Gasteiger partial charge in [-0.3, -0.25) is 0 Å². The van der Waals surface area contributed by atoms with Crippen LogP contribution in [-0.2, 0) is 0 Å². The smallest absolute Gasteiger partial charge is 0.201 e. The molecule has 1 atom stereocenters. The molecule has 1 unspecified atom stereocenters. The molecule has 0 saturated carbocycles. The lowest BCUT2D eigenvalue weighted by Crippen LogP contribution is -2.35. The molecule has 2 heterocycles. The monoisotopic (exact) mass is 244 g/mol. The summed E-state index contributed by atoms with van der Waals surface area (Å²) in [5.41, 5.74) is 2.13. The summed E-state index contributed by atoms with van der Waals surface area (Å²) < 4.78 is 0. The first-order valence-corrected chi connectivity index (χ1v) is 6.68. The molecule has 2 N–H and O–H groups in total. The Kier molecular flexibility index (Phi) is 3.19. The van der Waals surface area contributed by atoms with Gasteiger partial charge >= 0.3 is 0 Å². The summed E-state index contributed by atoms with van der Waals surface area (Å²) in [4.78, 5) is 10.3. The van der Waals surface area contributed by atoms with Crippen molar-refractivity contribution in [2.45, 2.75) is 12.8 Å². The van der Waals surface area contributed by atoms with Crippen molar-refractivity contribution in [3.63, 3.8) is 0 Å². The van der Waals surface area contributed by atoms with Crippen LogP contribution in [-0.4, -0.2) is 41.5 Å². The topological polar surface area (TPSA) is 44.0 Å². The van der Waals surface area contributed by atoms with Crippen molar-refractivity contribution in [2.24, 2.45) is 5.92 Å². The zero-order chi connectivity index (χ0) is 12.4. The average molecular weight is 244 g/mol. The Balaban J connectivity index is 1.62. The van der Waals surface area contributed by atoms with Crippen LogP contribution in [0.5, 0.6) is 0 Å². The zero-order valence-electron chi connectivity index (χ0n) is 10.8. The van der Waals surface area contributed by atoms with Crippen molar-refractivity contribution in [3.05, 3.63) is 24.3 Å². The molecule has 1 saturated heterocycles. The standard InChI is InChI=1S/C14H20N4/c1-18-8-4-5-11(10-18)9-15-14-16-12-6-2-3-7-13(12)17-14/h2-3,6-7,11H,4-5,8-10H2,1H3,(H2,15,16,17). The van der Waals surface area contributed by atoms with E-state index < -0.39 is 0 Å². The van der Waals surface area contributed by atoms with E-state index in [1.54, 1.807) is 0 Å². The molecule has 0 aliphatic carbocycles. The first-order chi connectivity index (χ1) is 8.81. The fourth-order valence-electron chi connectivity index (χ4n) is 2.72. The minimum atomic E-state index is 0.733. The van der Waals surface area contributed by atoms with Gasteiger partial charge < -0.3 is 15.2 Å². The van der Waals surface area contributed by atoms with Crippen LogP contribution in [0.25, 0.3) is 11.0 Å². The Bertz CT molecular complexity index is 486. The summed E-state index contributed by atoms with van der Waals surface area (Å²) in [6.07, 6.45) is 2.63. The Morgan fingerprint density at radius 3 is 3.17 bits per heavy atom. The number of hydrogen-bond acceptors (Lipinski definition) is 3. The van der Waals surface area contributed by atoms with Crippen molar-refractivity contribution >= 4 is 17.0 Å². The number of aromatic nitrogens is 2. The second kappa shape index (κ2) is 4.98. The van der Waals surface area contributed by atoms with E-state index in [0.717, 1.165) is 29.4 Å². The first kappa shape index (κ1) is 11.5. The van der Waals surface area contributed by atoms with Crippen LogP contribution in [0.2, 0.25) is 0 Å².